The molecule has 0 aliphatic carbocycles. The molecule has 1 aromatic carbocycles. The summed E-state index contributed by atoms with van der Waals surface area (Å²) in [4.78, 5) is 51.4. The van der Waals surface area contributed by atoms with E-state index in [1.165, 1.54) is 0 Å². The van der Waals surface area contributed by atoms with Gasteiger partial charge in [0.1, 0.15) is 18.7 Å². The lowest BCUT2D eigenvalue weighted by Crippen LogP contribution is -2.57. The van der Waals surface area contributed by atoms with Gasteiger partial charge in [-0.05, 0) is 30.2 Å². The summed E-state index contributed by atoms with van der Waals surface area (Å²) < 4.78 is 11.0. The number of carbonyl (C=O) groups is 3. The fourth-order valence-electron chi connectivity index (χ4n) is 5.94. The van der Waals surface area contributed by atoms with E-state index in [-0.39, 0.29) is 35.6 Å². The Bertz CT molecular complexity index is 1290. The predicted molar refractivity (Wildman–Crippen MR) is 171 cm³/mol. The van der Waals surface area contributed by atoms with E-state index in [1.54, 1.807) is 47.2 Å². The fraction of sp³-hybridized carbons (Fsp3) is 0.613. The molecule has 10 nitrogen and oxygen atoms in total. The zero-order chi connectivity index (χ0) is 30.7. The van der Waals surface area contributed by atoms with Gasteiger partial charge in [0.05, 0.1) is 23.7 Å². The van der Waals surface area contributed by atoms with Crippen LogP contribution in [-0.2, 0) is 19.1 Å². The molecule has 3 aliphatic rings. The summed E-state index contributed by atoms with van der Waals surface area (Å²) in [5.74, 6) is -0.612. The fourth-order valence-corrected chi connectivity index (χ4v) is 7.63. The first-order chi connectivity index (χ1) is 20.7. The number of aromatic nitrogens is 1. The smallest absolute Gasteiger partial charge is 0.251 e. The van der Waals surface area contributed by atoms with Crippen molar-refractivity contribution < 1.29 is 23.9 Å². The third-order valence-corrected chi connectivity index (χ3v) is 11.1. The Balaban J connectivity index is 1.25. The molecule has 0 bridgehead atoms. The summed E-state index contributed by atoms with van der Waals surface area (Å²) in [6.07, 6.45) is 2.35. The third-order valence-electron chi connectivity index (χ3n) is 9.13. The highest BCUT2D eigenvalue weighted by atomic mass is 32.2. The van der Waals surface area contributed by atoms with E-state index in [0.717, 1.165) is 55.7 Å². The van der Waals surface area contributed by atoms with Gasteiger partial charge in [0.15, 0.2) is 10.9 Å². The number of hydrogen-bond donors (Lipinski definition) is 1. The molecule has 234 valence electrons. The molecule has 0 saturated carbocycles. The number of fused-ring (bicyclic) bond motifs is 1. The summed E-state index contributed by atoms with van der Waals surface area (Å²) in [5, 5.41) is 6.12. The van der Waals surface area contributed by atoms with Gasteiger partial charge in [0, 0.05) is 62.9 Å². The van der Waals surface area contributed by atoms with Gasteiger partial charge in [-0.2, -0.15) is 11.8 Å². The normalized spacial score (nSPS) is 23.5. The quantitative estimate of drug-likeness (QED) is 0.402. The standard InChI is InChI=1S/C31H43N5O5S2/c1-6-31(2,3)27(29(39)36-17-24(42-5)26-25(36)23(37)18-41-26)33-28(38)21-9-7-20(8-10-21)22-19-43-30(32-22)35-13-11-34(12-14-35)15-16-40-4/h7-10,19,24-27H,6,11-18H2,1-5H3,(H,33,38)/t24-,25+,26-,27+/m0/s1. The number of thioether (sulfide) groups is 1. The second kappa shape index (κ2) is 13.6. The molecule has 12 heteroatoms. The number of Topliss-reactive ketones (excluding diaryl/α,β-unsaturated/α-hetero) is 1. The first-order valence-electron chi connectivity index (χ1n) is 15.0. The number of anilines is 1. The molecule has 0 unspecified atom stereocenters. The summed E-state index contributed by atoms with van der Waals surface area (Å²) in [6, 6.07) is 6.00. The maximum atomic E-state index is 14.0. The molecule has 2 aromatic rings. The molecular weight excluding hydrogens is 587 g/mol. The zero-order valence-electron chi connectivity index (χ0n) is 25.7. The Hall–Kier alpha value is -2.51. The number of methoxy groups -OCH3 is 1. The third kappa shape index (κ3) is 6.78. The summed E-state index contributed by atoms with van der Waals surface area (Å²) in [5.41, 5.74) is 1.77. The number of ketones is 1. The van der Waals surface area contributed by atoms with Crippen LogP contribution in [0.1, 0.15) is 37.6 Å². The van der Waals surface area contributed by atoms with Gasteiger partial charge in [-0.25, -0.2) is 4.98 Å². The maximum absolute atomic E-state index is 14.0. The number of amides is 2. The van der Waals surface area contributed by atoms with E-state index >= 15 is 0 Å². The van der Waals surface area contributed by atoms with Crippen molar-refractivity contribution in [2.75, 3.05) is 70.7 Å². The van der Waals surface area contributed by atoms with E-state index in [2.05, 4.69) is 20.5 Å². The van der Waals surface area contributed by atoms with E-state index in [1.807, 2.05) is 39.2 Å². The average molecular weight is 630 g/mol. The Morgan fingerprint density at radius 3 is 2.58 bits per heavy atom. The highest BCUT2D eigenvalue weighted by Crippen LogP contribution is 2.36. The number of benzene rings is 1. The van der Waals surface area contributed by atoms with E-state index < -0.39 is 17.5 Å². The second-order valence-electron chi connectivity index (χ2n) is 12.1. The van der Waals surface area contributed by atoms with Crippen molar-refractivity contribution in [1.82, 2.24) is 20.1 Å². The molecule has 4 heterocycles. The zero-order valence-corrected chi connectivity index (χ0v) is 27.3. The van der Waals surface area contributed by atoms with Gasteiger partial charge < -0.3 is 24.6 Å². The van der Waals surface area contributed by atoms with E-state index in [4.69, 9.17) is 14.5 Å². The van der Waals surface area contributed by atoms with Crippen molar-refractivity contribution in [3.8, 4) is 11.3 Å². The number of nitrogens with one attached hydrogen (secondary N) is 1. The molecule has 3 fully saturated rings. The van der Waals surface area contributed by atoms with Crippen LogP contribution in [0, 0.1) is 5.41 Å². The molecule has 0 spiro atoms. The molecule has 3 saturated heterocycles. The second-order valence-corrected chi connectivity index (χ2v) is 14.0. The van der Waals surface area contributed by atoms with Crippen LogP contribution < -0.4 is 10.2 Å². The Morgan fingerprint density at radius 1 is 1.21 bits per heavy atom. The maximum Gasteiger partial charge on any atom is 0.251 e. The van der Waals surface area contributed by atoms with Gasteiger partial charge in [0.25, 0.3) is 5.91 Å². The van der Waals surface area contributed by atoms with Gasteiger partial charge in [0.2, 0.25) is 5.91 Å². The van der Waals surface area contributed by atoms with Crippen molar-refractivity contribution in [2.45, 2.75) is 50.6 Å². The van der Waals surface area contributed by atoms with Crippen LogP contribution in [0.15, 0.2) is 29.6 Å². The highest BCUT2D eigenvalue weighted by Gasteiger charge is 2.54. The molecule has 1 N–H and O–H groups in total. The number of ether oxygens (including phenoxy) is 2. The largest absolute Gasteiger partial charge is 0.383 e. The number of likely N-dealkylation sites (tertiary alicyclic amines) is 1. The minimum absolute atomic E-state index is 0.0305. The van der Waals surface area contributed by atoms with Crippen molar-refractivity contribution in [1.29, 1.82) is 0 Å². The first-order valence-corrected chi connectivity index (χ1v) is 17.1. The van der Waals surface area contributed by atoms with Crippen LogP contribution in [0.25, 0.3) is 11.3 Å². The average Bonchev–Trinajstić information content (AvgIpc) is 3.76. The van der Waals surface area contributed by atoms with Gasteiger partial charge in [-0.3, -0.25) is 19.3 Å². The molecule has 5 rings (SSSR count). The number of piperazine rings is 1. The van der Waals surface area contributed by atoms with Gasteiger partial charge >= 0.3 is 0 Å². The van der Waals surface area contributed by atoms with Gasteiger partial charge in [-0.15, -0.1) is 11.3 Å². The topological polar surface area (TPSA) is 104 Å². The van der Waals surface area contributed by atoms with E-state index in [9.17, 15) is 14.4 Å². The molecule has 3 aliphatic heterocycles. The number of nitrogens with zero attached hydrogens (tertiary/aromatic N) is 4. The van der Waals surface area contributed by atoms with Crippen molar-refractivity contribution in [3.05, 3.63) is 35.2 Å². The number of thiazole rings is 1. The summed E-state index contributed by atoms with van der Waals surface area (Å²) in [6.45, 7) is 12.0. The predicted octanol–water partition coefficient (Wildman–Crippen LogP) is 3.02. The Kier molecular flexibility index (Phi) is 10.1. The number of rotatable bonds is 11. The lowest BCUT2D eigenvalue weighted by molar-refractivity contribution is -0.140. The van der Waals surface area contributed by atoms with Crippen LogP contribution in [0.5, 0.6) is 0 Å². The number of carbonyl (C=O) groups excluding carboxylic acids is 3. The lowest BCUT2D eigenvalue weighted by Gasteiger charge is -2.36. The van der Waals surface area contributed by atoms with Crippen molar-refractivity contribution in [2.24, 2.45) is 5.41 Å². The molecule has 0 radical (unpaired) electrons. The monoisotopic (exact) mass is 629 g/mol. The first kappa shape index (κ1) is 31.9. The Labute approximate surface area is 262 Å². The molecular formula is C31H43N5O5S2. The van der Waals surface area contributed by atoms with Crippen LogP contribution in [0.3, 0.4) is 0 Å². The number of hydrogen-bond acceptors (Lipinski definition) is 10. The Morgan fingerprint density at radius 2 is 1.93 bits per heavy atom. The molecule has 4 atom stereocenters. The lowest BCUT2D eigenvalue weighted by atomic mass is 9.80. The van der Waals surface area contributed by atoms with Crippen LogP contribution in [0.2, 0.25) is 0 Å². The summed E-state index contributed by atoms with van der Waals surface area (Å²) in [7, 11) is 1.73. The van der Waals surface area contributed by atoms with Gasteiger partial charge in [-0.1, -0.05) is 32.9 Å². The minimum atomic E-state index is -0.782. The molecule has 2 amide bonds. The highest BCUT2D eigenvalue weighted by molar-refractivity contribution is 7.99. The van der Waals surface area contributed by atoms with Crippen LogP contribution in [0.4, 0.5) is 5.13 Å². The molecule has 43 heavy (non-hydrogen) atoms. The molecule has 1 aromatic heterocycles. The van der Waals surface area contributed by atoms with Crippen molar-refractivity contribution >= 4 is 45.8 Å². The van der Waals surface area contributed by atoms with E-state index in [0.29, 0.717) is 18.5 Å². The van der Waals surface area contributed by atoms with Crippen LogP contribution >= 0.6 is 23.1 Å². The van der Waals surface area contributed by atoms with Crippen molar-refractivity contribution in [3.63, 3.8) is 0 Å². The summed E-state index contributed by atoms with van der Waals surface area (Å²) >= 11 is 3.24. The minimum Gasteiger partial charge on any atom is -0.383 e. The van der Waals surface area contributed by atoms with Crippen LogP contribution in [-0.4, -0.2) is 122 Å². The SMILES string of the molecule is CCC(C)(C)[C@H](NC(=O)c1ccc(-c2csc(N3CCN(CCOC)CC3)n2)cc1)C(=O)N1C[C@H](SC)[C@@H]2OCC(=O)[C@H]21.